The summed E-state index contributed by atoms with van der Waals surface area (Å²) >= 11 is 0. The van der Waals surface area contributed by atoms with Crippen LogP contribution in [0.3, 0.4) is 0 Å². The Morgan fingerprint density at radius 1 is 1.07 bits per heavy atom. The molecule has 2 aromatic carbocycles. The minimum absolute atomic E-state index is 0.0359. The molecule has 0 bridgehead atoms. The Labute approximate surface area is 252 Å². The van der Waals surface area contributed by atoms with Gasteiger partial charge in [-0.1, -0.05) is 45.0 Å². The molecule has 0 aliphatic carbocycles. The van der Waals surface area contributed by atoms with Crippen molar-refractivity contribution < 1.29 is 27.6 Å². The molecule has 0 aliphatic heterocycles. The molecule has 14 heteroatoms. The van der Waals surface area contributed by atoms with Crippen LogP contribution in [-0.2, 0) is 14.4 Å². The highest BCUT2D eigenvalue weighted by atomic mass is 32.2. The monoisotopic (exact) mass is 627 g/mol. The number of rotatable bonds is 13. The van der Waals surface area contributed by atoms with Crippen LogP contribution in [0.25, 0.3) is 16.8 Å². The lowest BCUT2D eigenvalue weighted by molar-refractivity contribution is -0.387. The van der Waals surface area contributed by atoms with Crippen LogP contribution < -0.4 is 4.74 Å². The summed E-state index contributed by atoms with van der Waals surface area (Å²) in [4.78, 5) is 15.1. The van der Waals surface area contributed by atoms with Crippen molar-refractivity contribution >= 4 is 29.7 Å². The number of ether oxygens (including phenoxy) is 1. The molecule has 0 unspecified atom stereocenters. The summed E-state index contributed by atoms with van der Waals surface area (Å²) in [6.45, 7) is 10.9. The number of phenolic OH excluding ortho intramolecular Hbond substituents is 1. The fraction of sp³-hybridized carbons (Fsp3) is 0.379. The number of para-hydroxylation sites is 1. The van der Waals surface area contributed by atoms with Crippen LogP contribution >= 0.6 is 0 Å². The van der Waals surface area contributed by atoms with Crippen molar-refractivity contribution in [2.45, 2.75) is 50.2 Å². The van der Waals surface area contributed by atoms with Crippen LogP contribution in [0.4, 0.5) is 5.69 Å². The molecule has 0 saturated heterocycles. The molecular weight excluding hydrogens is 591 g/mol. The second kappa shape index (κ2) is 12.8. The van der Waals surface area contributed by atoms with Crippen molar-refractivity contribution in [2.24, 2.45) is 0 Å². The van der Waals surface area contributed by atoms with E-state index in [4.69, 9.17) is 9.16 Å². The number of hydrogen-bond donors (Lipinski definition) is 1. The van der Waals surface area contributed by atoms with Crippen LogP contribution in [0, 0.1) is 10.1 Å². The Hall–Kier alpha value is -3.85. The van der Waals surface area contributed by atoms with Crippen LogP contribution in [0.15, 0.2) is 71.9 Å². The Balaban J connectivity index is 1.49. The molecule has 1 N–H and O–H groups in total. The van der Waals surface area contributed by atoms with Crippen LogP contribution in [0.1, 0.15) is 27.2 Å². The number of hydrogen-bond acceptors (Lipinski definition) is 9. The van der Waals surface area contributed by atoms with E-state index in [9.17, 15) is 23.6 Å². The molecule has 0 amide bonds. The van der Waals surface area contributed by atoms with E-state index >= 15 is 0 Å². The van der Waals surface area contributed by atoms with Crippen molar-refractivity contribution in [1.29, 1.82) is 0 Å². The Morgan fingerprint density at radius 2 is 1.81 bits per heavy atom. The highest BCUT2D eigenvalue weighted by Gasteiger charge is 2.38. The lowest BCUT2D eigenvalue weighted by atomic mass is 10.1. The fourth-order valence-electron chi connectivity index (χ4n) is 4.16. The molecule has 4 aromatic rings. The average Bonchev–Trinajstić information content (AvgIpc) is 3.37. The molecule has 0 radical (unpaired) electrons. The second-order valence-electron chi connectivity index (χ2n) is 11.6. The number of nitro benzene ring substituents is 1. The van der Waals surface area contributed by atoms with Crippen molar-refractivity contribution in [2.75, 3.05) is 26.3 Å². The van der Waals surface area contributed by atoms with Gasteiger partial charge < -0.3 is 14.3 Å². The highest BCUT2D eigenvalue weighted by Crippen LogP contribution is 2.36. The van der Waals surface area contributed by atoms with Gasteiger partial charge in [0.2, 0.25) is 15.9 Å². The summed E-state index contributed by atoms with van der Waals surface area (Å²) in [7, 11) is -6.37. The number of nitrogens with zero attached hydrogens (tertiary/aromatic N) is 5. The minimum atomic E-state index is -4.21. The normalized spacial score (nSPS) is 12.6. The number of aromatic hydroxyl groups is 1. The zero-order valence-electron chi connectivity index (χ0n) is 24.9. The van der Waals surface area contributed by atoms with Crippen molar-refractivity contribution in [1.82, 2.24) is 18.9 Å². The van der Waals surface area contributed by atoms with Gasteiger partial charge in [0.05, 0.1) is 17.7 Å². The van der Waals surface area contributed by atoms with Gasteiger partial charge in [-0.25, -0.2) is 12.9 Å². The Kier molecular flexibility index (Phi) is 9.54. The number of aromatic nitrogens is 3. The molecule has 230 valence electrons. The summed E-state index contributed by atoms with van der Waals surface area (Å²) in [5, 5.41) is 25.7. The van der Waals surface area contributed by atoms with Crippen molar-refractivity contribution in [3.63, 3.8) is 0 Å². The molecule has 12 nitrogen and oxygen atoms in total. The number of fused-ring (bicyclic) bond motifs is 1. The van der Waals surface area contributed by atoms with Gasteiger partial charge in [0, 0.05) is 43.6 Å². The SMILES string of the molecule is CC(C)(C)[Si](C)(C)OCCN(CCCOc1ccn2ncc(-c3cccc(O)c3)c2n1)S(=O)(=O)c1ccccc1[N+](=O)[O-]. The minimum Gasteiger partial charge on any atom is -0.508 e. The van der Waals surface area contributed by atoms with E-state index in [0.29, 0.717) is 23.5 Å². The van der Waals surface area contributed by atoms with E-state index in [1.807, 2.05) is 6.07 Å². The van der Waals surface area contributed by atoms with Gasteiger partial charge in [-0.05, 0) is 48.3 Å². The van der Waals surface area contributed by atoms with Gasteiger partial charge in [-0.3, -0.25) is 10.1 Å². The molecule has 0 saturated carbocycles. The van der Waals surface area contributed by atoms with Crippen LogP contribution in [-0.4, -0.2) is 72.0 Å². The first-order valence-corrected chi connectivity index (χ1v) is 18.2. The number of sulfonamides is 1. The molecule has 0 atom stereocenters. The summed E-state index contributed by atoms with van der Waals surface area (Å²) in [6.07, 6.45) is 3.65. The maximum Gasteiger partial charge on any atom is 0.289 e. The zero-order chi connectivity index (χ0) is 31.4. The van der Waals surface area contributed by atoms with Crippen molar-refractivity contribution in [3.8, 4) is 22.8 Å². The van der Waals surface area contributed by atoms with Gasteiger partial charge in [0.1, 0.15) is 5.75 Å². The lowest BCUT2D eigenvalue weighted by Gasteiger charge is -2.36. The van der Waals surface area contributed by atoms with Gasteiger partial charge in [0.15, 0.2) is 18.9 Å². The summed E-state index contributed by atoms with van der Waals surface area (Å²) < 4.78 is 42.3. The molecule has 0 aliphatic rings. The molecule has 4 rings (SSSR count). The summed E-state index contributed by atoms with van der Waals surface area (Å²) in [5.74, 6) is 0.447. The van der Waals surface area contributed by atoms with E-state index in [0.717, 1.165) is 5.56 Å². The first-order chi connectivity index (χ1) is 20.2. The largest absolute Gasteiger partial charge is 0.508 e. The van der Waals surface area contributed by atoms with Gasteiger partial charge >= 0.3 is 0 Å². The van der Waals surface area contributed by atoms with E-state index in [1.54, 1.807) is 41.2 Å². The van der Waals surface area contributed by atoms with E-state index in [-0.39, 0.29) is 42.0 Å². The Bertz CT molecular complexity index is 1700. The summed E-state index contributed by atoms with van der Waals surface area (Å²) in [6, 6.07) is 13.8. The first kappa shape index (κ1) is 32.1. The third-order valence-corrected chi connectivity index (χ3v) is 14.1. The first-order valence-electron chi connectivity index (χ1n) is 13.8. The maximum atomic E-state index is 13.7. The molecular formula is C29H37N5O7SSi. The topological polar surface area (TPSA) is 149 Å². The quantitative estimate of drug-likeness (QED) is 0.0878. The second-order valence-corrected chi connectivity index (χ2v) is 18.3. The third-order valence-electron chi connectivity index (χ3n) is 7.59. The van der Waals surface area contributed by atoms with Crippen LogP contribution in [0.5, 0.6) is 11.6 Å². The van der Waals surface area contributed by atoms with Gasteiger partial charge in [-0.15, -0.1) is 0 Å². The van der Waals surface area contributed by atoms with Gasteiger partial charge in [0.25, 0.3) is 5.69 Å². The van der Waals surface area contributed by atoms with Crippen LogP contribution in [0.2, 0.25) is 18.1 Å². The fourth-order valence-corrected chi connectivity index (χ4v) is 6.82. The van der Waals surface area contributed by atoms with E-state index in [1.165, 1.54) is 28.6 Å². The number of nitro groups is 1. The molecule has 43 heavy (non-hydrogen) atoms. The summed E-state index contributed by atoms with van der Waals surface area (Å²) in [5.41, 5.74) is 1.52. The zero-order valence-corrected chi connectivity index (χ0v) is 26.7. The third kappa shape index (κ3) is 7.39. The lowest BCUT2D eigenvalue weighted by Crippen LogP contribution is -2.43. The molecule has 0 fully saturated rings. The van der Waals surface area contributed by atoms with Gasteiger partial charge in [-0.2, -0.15) is 14.4 Å². The maximum absolute atomic E-state index is 13.7. The number of phenols is 1. The smallest absolute Gasteiger partial charge is 0.289 e. The number of benzene rings is 2. The molecule has 2 aromatic heterocycles. The average molecular weight is 628 g/mol. The molecule has 0 spiro atoms. The highest BCUT2D eigenvalue weighted by molar-refractivity contribution is 7.89. The van der Waals surface area contributed by atoms with E-state index < -0.39 is 29.0 Å². The predicted molar refractivity (Wildman–Crippen MR) is 165 cm³/mol. The molecule has 2 heterocycles. The Morgan fingerprint density at radius 3 is 2.51 bits per heavy atom. The predicted octanol–water partition coefficient (Wildman–Crippen LogP) is 5.49. The van der Waals surface area contributed by atoms with Crippen molar-refractivity contribution in [3.05, 3.63) is 77.1 Å². The standard InChI is InChI=1S/C29H37N5O7SSi/c1-29(2,3)43(4,5)41-19-17-32(42(38,39)26-13-7-6-12-25(26)34(36)37)15-9-18-40-27-14-16-33-28(31-27)24(21-30-33)22-10-8-11-23(35)20-22/h6-8,10-14,16,20-21,35H,9,15,17-19H2,1-5H3. The van der Waals surface area contributed by atoms with E-state index in [2.05, 4.69) is 43.9 Å².